The molecule has 0 amide bonds. The molecule has 1 aliphatic heterocycles. The third kappa shape index (κ3) is 2.92. The first kappa shape index (κ1) is 13.7. The lowest BCUT2D eigenvalue weighted by atomic mass is 10.0. The number of ketones is 1. The van der Waals surface area contributed by atoms with Crippen molar-refractivity contribution in [3.63, 3.8) is 0 Å². The van der Waals surface area contributed by atoms with Crippen LogP contribution in [0.4, 0.5) is 0 Å². The first-order valence-electron chi connectivity index (χ1n) is 7.19. The molecule has 3 nitrogen and oxygen atoms in total. The second-order valence-corrected chi connectivity index (χ2v) is 5.16. The number of hydrogen-bond acceptors (Lipinski definition) is 3. The summed E-state index contributed by atoms with van der Waals surface area (Å²) in [6.45, 7) is 0.763. The standard InChI is InChI=1S/C18H18O3/c1-20-18-5-3-2-4-15(18)16(19)8-6-13-7-9-17-14(12-13)10-11-21-17/h2-5,7,9,12H,6,8,10-11H2,1H3. The van der Waals surface area contributed by atoms with E-state index in [2.05, 4.69) is 6.07 Å². The van der Waals surface area contributed by atoms with Crippen LogP contribution in [-0.2, 0) is 12.8 Å². The van der Waals surface area contributed by atoms with Crippen molar-refractivity contribution in [2.75, 3.05) is 13.7 Å². The number of Topliss-reactive ketones (excluding diaryl/α,β-unsaturated/α-hetero) is 1. The molecular weight excluding hydrogens is 264 g/mol. The Morgan fingerprint density at radius 3 is 2.95 bits per heavy atom. The van der Waals surface area contributed by atoms with Crippen molar-refractivity contribution < 1.29 is 14.3 Å². The Morgan fingerprint density at radius 1 is 1.24 bits per heavy atom. The van der Waals surface area contributed by atoms with E-state index in [-0.39, 0.29) is 5.78 Å². The molecule has 0 saturated heterocycles. The van der Waals surface area contributed by atoms with Crippen LogP contribution in [0.5, 0.6) is 11.5 Å². The fraction of sp³-hybridized carbons (Fsp3) is 0.278. The average Bonchev–Trinajstić information content (AvgIpc) is 3.00. The molecule has 0 unspecified atom stereocenters. The topological polar surface area (TPSA) is 35.5 Å². The fourth-order valence-electron chi connectivity index (χ4n) is 2.66. The fourth-order valence-corrected chi connectivity index (χ4v) is 2.66. The normalized spacial score (nSPS) is 12.6. The molecule has 3 heteroatoms. The molecule has 0 radical (unpaired) electrons. The molecule has 1 aliphatic rings. The molecule has 0 fully saturated rings. The first-order chi connectivity index (χ1) is 10.3. The number of methoxy groups -OCH3 is 1. The predicted molar refractivity (Wildman–Crippen MR) is 81.3 cm³/mol. The number of aryl methyl sites for hydroxylation is 1. The second kappa shape index (κ2) is 6.00. The largest absolute Gasteiger partial charge is 0.496 e. The Kier molecular flexibility index (Phi) is 3.91. The number of hydrogen-bond donors (Lipinski definition) is 0. The van der Waals surface area contributed by atoms with E-state index in [1.54, 1.807) is 7.11 Å². The first-order valence-corrected chi connectivity index (χ1v) is 7.19. The summed E-state index contributed by atoms with van der Waals surface area (Å²) >= 11 is 0. The van der Waals surface area contributed by atoms with E-state index in [1.807, 2.05) is 36.4 Å². The van der Waals surface area contributed by atoms with Crippen molar-refractivity contribution in [2.24, 2.45) is 0 Å². The van der Waals surface area contributed by atoms with E-state index in [9.17, 15) is 4.79 Å². The second-order valence-electron chi connectivity index (χ2n) is 5.16. The summed E-state index contributed by atoms with van der Waals surface area (Å²) in [5, 5.41) is 0. The van der Waals surface area contributed by atoms with Crippen LogP contribution in [0.15, 0.2) is 42.5 Å². The lowest BCUT2D eigenvalue weighted by molar-refractivity contribution is 0.0980. The third-order valence-electron chi connectivity index (χ3n) is 3.80. The van der Waals surface area contributed by atoms with Crippen LogP contribution >= 0.6 is 0 Å². The lowest BCUT2D eigenvalue weighted by Crippen LogP contribution is -2.03. The molecule has 3 rings (SSSR count). The predicted octanol–water partition coefficient (Wildman–Crippen LogP) is 3.45. The lowest BCUT2D eigenvalue weighted by Gasteiger charge is -2.08. The van der Waals surface area contributed by atoms with E-state index in [0.29, 0.717) is 17.7 Å². The summed E-state index contributed by atoms with van der Waals surface area (Å²) in [5.74, 6) is 1.74. The van der Waals surface area contributed by atoms with Crippen molar-refractivity contribution in [1.29, 1.82) is 0 Å². The molecule has 0 aromatic heterocycles. The smallest absolute Gasteiger partial charge is 0.166 e. The highest BCUT2D eigenvalue weighted by atomic mass is 16.5. The van der Waals surface area contributed by atoms with Gasteiger partial charge in [-0.15, -0.1) is 0 Å². The molecule has 0 saturated carbocycles. The highest BCUT2D eigenvalue weighted by Gasteiger charge is 2.14. The Labute approximate surface area is 124 Å². The summed E-state index contributed by atoms with van der Waals surface area (Å²) in [6.07, 6.45) is 2.19. The highest BCUT2D eigenvalue weighted by molar-refractivity contribution is 5.98. The summed E-state index contributed by atoms with van der Waals surface area (Å²) in [6, 6.07) is 13.6. The number of rotatable bonds is 5. The quantitative estimate of drug-likeness (QED) is 0.788. The van der Waals surface area contributed by atoms with Crippen molar-refractivity contribution in [1.82, 2.24) is 0 Å². The SMILES string of the molecule is COc1ccccc1C(=O)CCc1ccc2c(c1)CCO2. The minimum absolute atomic E-state index is 0.115. The van der Waals surface area contributed by atoms with Crippen molar-refractivity contribution >= 4 is 5.78 Å². The summed E-state index contributed by atoms with van der Waals surface area (Å²) < 4.78 is 10.7. The molecule has 0 spiro atoms. The zero-order valence-electron chi connectivity index (χ0n) is 12.1. The van der Waals surface area contributed by atoms with E-state index >= 15 is 0 Å². The average molecular weight is 282 g/mol. The van der Waals surface area contributed by atoms with E-state index in [1.165, 1.54) is 11.1 Å². The van der Waals surface area contributed by atoms with Crippen LogP contribution in [0, 0.1) is 0 Å². The Hall–Kier alpha value is -2.29. The number of para-hydroxylation sites is 1. The molecule has 0 aliphatic carbocycles. The van der Waals surface area contributed by atoms with Crippen molar-refractivity contribution in [2.45, 2.75) is 19.3 Å². The van der Waals surface area contributed by atoms with Gasteiger partial charge in [0.05, 0.1) is 19.3 Å². The molecule has 2 aromatic carbocycles. The Morgan fingerprint density at radius 2 is 2.10 bits per heavy atom. The minimum atomic E-state index is 0.115. The molecule has 2 aromatic rings. The van der Waals surface area contributed by atoms with Crippen LogP contribution < -0.4 is 9.47 Å². The van der Waals surface area contributed by atoms with E-state index < -0.39 is 0 Å². The van der Waals surface area contributed by atoms with Gasteiger partial charge in [0.2, 0.25) is 0 Å². The Balaban J connectivity index is 1.68. The van der Waals surface area contributed by atoms with Crippen LogP contribution in [0.25, 0.3) is 0 Å². The number of benzene rings is 2. The van der Waals surface area contributed by atoms with Crippen LogP contribution in [0.1, 0.15) is 27.9 Å². The van der Waals surface area contributed by atoms with E-state index in [4.69, 9.17) is 9.47 Å². The molecule has 0 N–H and O–H groups in total. The van der Waals surface area contributed by atoms with E-state index in [0.717, 1.165) is 25.2 Å². The van der Waals surface area contributed by atoms with Gasteiger partial charge in [-0.25, -0.2) is 0 Å². The number of carbonyl (C=O) groups is 1. The molecular formula is C18H18O3. The van der Waals surface area contributed by atoms with Gasteiger partial charge in [0, 0.05) is 12.8 Å². The monoisotopic (exact) mass is 282 g/mol. The van der Waals surface area contributed by atoms with Gasteiger partial charge in [-0.2, -0.15) is 0 Å². The summed E-state index contributed by atoms with van der Waals surface area (Å²) in [5.41, 5.74) is 3.09. The van der Waals surface area contributed by atoms with Gasteiger partial charge in [0.25, 0.3) is 0 Å². The number of fused-ring (bicyclic) bond motifs is 1. The van der Waals surface area contributed by atoms with Gasteiger partial charge in [0.15, 0.2) is 5.78 Å². The Bertz CT molecular complexity index is 661. The number of carbonyl (C=O) groups excluding carboxylic acids is 1. The minimum Gasteiger partial charge on any atom is -0.496 e. The maximum atomic E-state index is 12.3. The third-order valence-corrected chi connectivity index (χ3v) is 3.80. The van der Waals surface area contributed by atoms with Gasteiger partial charge in [0.1, 0.15) is 11.5 Å². The number of ether oxygens (including phenoxy) is 2. The van der Waals surface area contributed by atoms with Crippen LogP contribution in [0.2, 0.25) is 0 Å². The van der Waals surface area contributed by atoms with Gasteiger partial charge < -0.3 is 9.47 Å². The van der Waals surface area contributed by atoms with Crippen molar-refractivity contribution in [3.05, 3.63) is 59.2 Å². The molecule has 1 heterocycles. The molecule has 0 atom stereocenters. The maximum Gasteiger partial charge on any atom is 0.166 e. The van der Waals surface area contributed by atoms with Gasteiger partial charge in [-0.05, 0) is 35.7 Å². The molecule has 0 bridgehead atoms. The zero-order chi connectivity index (χ0) is 14.7. The van der Waals surface area contributed by atoms with Crippen LogP contribution in [0.3, 0.4) is 0 Å². The summed E-state index contributed by atoms with van der Waals surface area (Å²) in [7, 11) is 1.59. The summed E-state index contributed by atoms with van der Waals surface area (Å²) in [4.78, 5) is 12.3. The van der Waals surface area contributed by atoms with Gasteiger partial charge >= 0.3 is 0 Å². The maximum absolute atomic E-state index is 12.3. The van der Waals surface area contributed by atoms with Crippen LogP contribution in [-0.4, -0.2) is 19.5 Å². The van der Waals surface area contributed by atoms with Crippen molar-refractivity contribution in [3.8, 4) is 11.5 Å². The zero-order valence-corrected chi connectivity index (χ0v) is 12.1. The molecule has 21 heavy (non-hydrogen) atoms. The highest BCUT2D eigenvalue weighted by Crippen LogP contribution is 2.27. The van der Waals surface area contributed by atoms with Gasteiger partial charge in [-0.3, -0.25) is 4.79 Å². The van der Waals surface area contributed by atoms with Gasteiger partial charge in [-0.1, -0.05) is 24.3 Å². The molecule has 108 valence electrons.